The second-order valence-corrected chi connectivity index (χ2v) is 4.96. The number of rotatable bonds is 5. The summed E-state index contributed by atoms with van der Waals surface area (Å²) in [4.78, 5) is 14.5. The van der Waals surface area contributed by atoms with E-state index in [4.69, 9.17) is 0 Å². The van der Waals surface area contributed by atoms with Gasteiger partial charge in [0.2, 0.25) is 0 Å². The highest BCUT2D eigenvalue weighted by molar-refractivity contribution is 6.21. The van der Waals surface area contributed by atoms with Gasteiger partial charge in [0.15, 0.2) is 5.78 Å². The number of carbonyl (C=O) groups is 1. The van der Waals surface area contributed by atoms with E-state index in [1.54, 1.807) is 0 Å². The number of allylic oxidation sites excluding steroid dienone is 1. The van der Waals surface area contributed by atoms with Crippen molar-refractivity contribution in [2.45, 2.75) is 6.42 Å². The van der Waals surface area contributed by atoms with Crippen LogP contribution < -0.4 is 0 Å². The van der Waals surface area contributed by atoms with Gasteiger partial charge in [-0.3, -0.25) is 4.79 Å². The lowest BCUT2D eigenvalue weighted by molar-refractivity contribution is -0.113. The van der Waals surface area contributed by atoms with E-state index in [1.807, 2.05) is 85.9 Å². The molecule has 0 heterocycles. The first-order valence-electron chi connectivity index (χ1n) is 6.67. The third-order valence-corrected chi connectivity index (χ3v) is 2.98. The van der Waals surface area contributed by atoms with Gasteiger partial charge in [-0.15, -0.1) is 0 Å². The van der Waals surface area contributed by atoms with Gasteiger partial charge < -0.3 is 4.90 Å². The van der Waals surface area contributed by atoms with Crippen molar-refractivity contribution in [3.05, 3.63) is 78.0 Å². The standard InChI is InChI=1S/C18H19NO/c1-19(2)14-17(16-11-7-4-8-12-16)18(20)13-15-9-5-3-6-10-15/h3-12,14H,13H2,1-2H3. The highest BCUT2D eigenvalue weighted by Crippen LogP contribution is 2.18. The van der Waals surface area contributed by atoms with Gasteiger partial charge in [-0.25, -0.2) is 0 Å². The SMILES string of the molecule is CN(C)C=C(C(=O)Cc1ccccc1)c1ccccc1. The number of hydrogen-bond donors (Lipinski definition) is 0. The molecule has 0 aromatic heterocycles. The Kier molecular flexibility index (Phi) is 4.72. The van der Waals surface area contributed by atoms with Gasteiger partial charge in [0, 0.05) is 32.3 Å². The summed E-state index contributed by atoms with van der Waals surface area (Å²) in [5.41, 5.74) is 2.75. The zero-order chi connectivity index (χ0) is 14.4. The molecule has 0 spiro atoms. The molecule has 0 amide bonds. The minimum atomic E-state index is 0.135. The van der Waals surface area contributed by atoms with E-state index < -0.39 is 0 Å². The van der Waals surface area contributed by atoms with Crippen LogP contribution in [0.2, 0.25) is 0 Å². The van der Waals surface area contributed by atoms with Gasteiger partial charge in [0.1, 0.15) is 0 Å². The molecule has 102 valence electrons. The Bertz CT molecular complexity index is 585. The van der Waals surface area contributed by atoms with Crippen LogP contribution >= 0.6 is 0 Å². The van der Waals surface area contributed by atoms with Gasteiger partial charge in [0.05, 0.1) is 0 Å². The Morgan fingerprint density at radius 1 is 0.950 bits per heavy atom. The lowest BCUT2D eigenvalue weighted by Gasteiger charge is -2.12. The Morgan fingerprint density at radius 3 is 2.05 bits per heavy atom. The zero-order valence-electron chi connectivity index (χ0n) is 11.9. The van der Waals surface area contributed by atoms with Crippen LogP contribution in [0.1, 0.15) is 11.1 Å². The Morgan fingerprint density at radius 2 is 1.50 bits per heavy atom. The first kappa shape index (κ1) is 14.1. The lowest BCUT2D eigenvalue weighted by Crippen LogP contribution is -2.11. The molecule has 2 heteroatoms. The molecule has 0 atom stereocenters. The fraction of sp³-hybridized carbons (Fsp3) is 0.167. The molecule has 0 N–H and O–H groups in total. The minimum absolute atomic E-state index is 0.135. The molecule has 20 heavy (non-hydrogen) atoms. The molecule has 0 aliphatic rings. The number of nitrogens with zero attached hydrogens (tertiary/aromatic N) is 1. The van der Waals surface area contributed by atoms with Gasteiger partial charge in [-0.2, -0.15) is 0 Å². The largest absolute Gasteiger partial charge is 0.383 e. The monoisotopic (exact) mass is 265 g/mol. The van der Waals surface area contributed by atoms with Crippen LogP contribution in [0.3, 0.4) is 0 Å². The third kappa shape index (κ3) is 3.82. The molecule has 0 fully saturated rings. The maximum Gasteiger partial charge on any atom is 0.169 e. The number of benzene rings is 2. The van der Waals surface area contributed by atoms with E-state index >= 15 is 0 Å². The average Bonchev–Trinajstić information content (AvgIpc) is 2.46. The molecule has 0 aliphatic heterocycles. The summed E-state index contributed by atoms with van der Waals surface area (Å²) in [5, 5.41) is 0. The number of hydrogen-bond acceptors (Lipinski definition) is 2. The molecule has 2 rings (SSSR count). The lowest BCUT2D eigenvalue weighted by atomic mass is 9.97. The summed E-state index contributed by atoms with van der Waals surface area (Å²) in [6.07, 6.45) is 2.32. The predicted molar refractivity (Wildman–Crippen MR) is 83.3 cm³/mol. The molecule has 0 bridgehead atoms. The normalized spacial score (nSPS) is 11.2. The molecule has 2 nitrogen and oxygen atoms in total. The third-order valence-electron chi connectivity index (χ3n) is 2.98. The first-order valence-corrected chi connectivity index (χ1v) is 6.67. The summed E-state index contributed by atoms with van der Waals surface area (Å²) in [6.45, 7) is 0. The number of Topliss-reactive ketones (excluding diaryl/α,β-unsaturated/α-hetero) is 1. The summed E-state index contributed by atoms with van der Waals surface area (Å²) >= 11 is 0. The van der Waals surface area contributed by atoms with Crippen LogP contribution in [-0.2, 0) is 11.2 Å². The van der Waals surface area contributed by atoms with Crippen molar-refractivity contribution in [3.63, 3.8) is 0 Å². The van der Waals surface area contributed by atoms with Crippen molar-refractivity contribution in [3.8, 4) is 0 Å². The predicted octanol–water partition coefficient (Wildman–Crippen LogP) is 3.40. The van der Waals surface area contributed by atoms with Crippen molar-refractivity contribution >= 4 is 11.4 Å². The summed E-state index contributed by atoms with van der Waals surface area (Å²) in [7, 11) is 3.86. The molecule has 2 aromatic carbocycles. The van der Waals surface area contributed by atoms with E-state index in [9.17, 15) is 4.79 Å². The molecule has 0 aliphatic carbocycles. The first-order chi connectivity index (χ1) is 9.66. The van der Waals surface area contributed by atoms with E-state index in [0.29, 0.717) is 6.42 Å². The molecule has 0 unspecified atom stereocenters. The fourth-order valence-corrected chi connectivity index (χ4v) is 2.06. The number of carbonyl (C=O) groups excluding carboxylic acids is 1. The van der Waals surface area contributed by atoms with Crippen LogP contribution in [-0.4, -0.2) is 24.8 Å². The van der Waals surface area contributed by atoms with Gasteiger partial charge in [0.25, 0.3) is 0 Å². The smallest absolute Gasteiger partial charge is 0.169 e. The highest BCUT2D eigenvalue weighted by atomic mass is 16.1. The quantitative estimate of drug-likeness (QED) is 0.772. The number of ketones is 1. The Hall–Kier alpha value is -2.35. The highest BCUT2D eigenvalue weighted by Gasteiger charge is 2.12. The summed E-state index contributed by atoms with van der Waals surface area (Å²) in [5.74, 6) is 0.135. The zero-order valence-corrected chi connectivity index (χ0v) is 11.9. The van der Waals surface area contributed by atoms with Gasteiger partial charge in [-0.05, 0) is 11.1 Å². The second-order valence-electron chi connectivity index (χ2n) is 4.96. The van der Waals surface area contributed by atoms with Crippen LogP contribution in [0.4, 0.5) is 0 Å². The van der Waals surface area contributed by atoms with Crippen LogP contribution in [0.5, 0.6) is 0 Å². The second kappa shape index (κ2) is 6.71. The van der Waals surface area contributed by atoms with Gasteiger partial charge in [-0.1, -0.05) is 60.7 Å². The van der Waals surface area contributed by atoms with Crippen molar-refractivity contribution in [2.24, 2.45) is 0 Å². The molecule has 0 saturated carbocycles. The van der Waals surface area contributed by atoms with E-state index in [2.05, 4.69) is 0 Å². The Labute approximate surface area is 120 Å². The molecule has 0 radical (unpaired) electrons. The topological polar surface area (TPSA) is 20.3 Å². The fourth-order valence-electron chi connectivity index (χ4n) is 2.06. The maximum absolute atomic E-state index is 12.6. The molecule has 0 saturated heterocycles. The van der Waals surface area contributed by atoms with Crippen molar-refractivity contribution in [1.29, 1.82) is 0 Å². The van der Waals surface area contributed by atoms with E-state index in [0.717, 1.165) is 16.7 Å². The van der Waals surface area contributed by atoms with Crippen molar-refractivity contribution in [2.75, 3.05) is 14.1 Å². The molecular formula is C18H19NO. The average molecular weight is 265 g/mol. The maximum atomic E-state index is 12.6. The summed E-state index contributed by atoms with van der Waals surface area (Å²) in [6, 6.07) is 19.6. The Balaban J connectivity index is 2.26. The minimum Gasteiger partial charge on any atom is -0.383 e. The van der Waals surface area contributed by atoms with Crippen molar-refractivity contribution in [1.82, 2.24) is 4.90 Å². The molecular weight excluding hydrogens is 246 g/mol. The molecule has 2 aromatic rings. The van der Waals surface area contributed by atoms with Crippen LogP contribution in [0.25, 0.3) is 5.57 Å². The van der Waals surface area contributed by atoms with E-state index in [-0.39, 0.29) is 5.78 Å². The summed E-state index contributed by atoms with van der Waals surface area (Å²) < 4.78 is 0. The van der Waals surface area contributed by atoms with Crippen molar-refractivity contribution < 1.29 is 4.79 Å². The van der Waals surface area contributed by atoms with E-state index in [1.165, 1.54) is 0 Å². The van der Waals surface area contributed by atoms with Gasteiger partial charge >= 0.3 is 0 Å². The van der Waals surface area contributed by atoms with Crippen LogP contribution in [0.15, 0.2) is 66.9 Å². The van der Waals surface area contributed by atoms with Crippen LogP contribution in [0, 0.1) is 0 Å².